The van der Waals surface area contributed by atoms with Gasteiger partial charge in [-0.3, -0.25) is 14.5 Å². The minimum atomic E-state index is -0.454. The Kier molecular flexibility index (Phi) is 3.66. The van der Waals surface area contributed by atoms with E-state index < -0.39 is 6.04 Å². The van der Waals surface area contributed by atoms with Crippen LogP contribution >= 0.6 is 11.6 Å². The lowest BCUT2D eigenvalue weighted by Crippen LogP contribution is -2.64. The van der Waals surface area contributed by atoms with E-state index in [1.807, 2.05) is 26.0 Å². The zero-order chi connectivity index (χ0) is 15.1. The highest BCUT2D eigenvalue weighted by Gasteiger charge is 2.47. The van der Waals surface area contributed by atoms with Crippen LogP contribution in [0.15, 0.2) is 18.2 Å². The third-order valence-electron chi connectivity index (χ3n) is 4.39. The molecule has 2 unspecified atom stereocenters. The van der Waals surface area contributed by atoms with E-state index >= 15 is 0 Å². The van der Waals surface area contributed by atoms with E-state index in [2.05, 4.69) is 5.32 Å². The Labute approximate surface area is 129 Å². The topological polar surface area (TPSA) is 49.4 Å². The fourth-order valence-corrected chi connectivity index (χ4v) is 3.16. The van der Waals surface area contributed by atoms with Gasteiger partial charge in [-0.1, -0.05) is 24.6 Å². The van der Waals surface area contributed by atoms with Crippen molar-refractivity contribution in [3.05, 3.63) is 28.8 Å². The number of halogens is 1. The fourth-order valence-electron chi connectivity index (χ4n) is 2.99. The molecule has 2 atom stereocenters. The van der Waals surface area contributed by atoms with E-state index in [9.17, 15) is 9.59 Å². The second kappa shape index (κ2) is 5.34. The maximum atomic E-state index is 12.9. The molecule has 2 amide bonds. The van der Waals surface area contributed by atoms with Crippen LogP contribution in [0, 0.1) is 12.8 Å². The minimum Gasteiger partial charge on any atom is -0.342 e. The highest BCUT2D eigenvalue weighted by Crippen LogP contribution is 2.37. The van der Waals surface area contributed by atoms with Crippen molar-refractivity contribution in [1.29, 1.82) is 0 Å². The van der Waals surface area contributed by atoms with Crippen LogP contribution in [0.5, 0.6) is 0 Å². The monoisotopic (exact) mass is 306 g/mol. The van der Waals surface area contributed by atoms with Crippen molar-refractivity contribution in [3.63, 3.8) is 0 Å². The summed E-state index contributed by atoms with van der Waals surface area (Å²) in [5, 5.41) is 3.51. The lowest BCUT2D eigenvalue weighted by atomic mass is 9.99. The molecular weight excluding hydrogens is 288 g/mol. The molecule has 112 valence electrons. The first-order chi connectivity index (χ1) is 10.0. The normalized spacial score (nSPS) is 26.0. The Balaban J connectivity index is 2.04. The van der Waals surface area contributed by atoms with Crippen LogP contribution in [0.1, 0.15) is 31.7 Å². The van der Waals surface area contributed by atoms with E-state index in [0.717, 1.165) is 24.1 Å². The van der Waals surface area contributed by atoms with Gasteiger partial charge in [0.05, 0.1) is 0 Å². The molecule has 1 heterocycles. The number of carbonyl (C=O) groups excluding carboxylic acids is 2. The Bertz CT molecular complexity index is 598. The van der Waals surface area contributed by atoms with Crippen molar-refractivity contribution in [2.45, 2.75) is 45.2 Å². The van der Waals surface area contributed by atoms with Gasteiger partial charge in [0.1, 0.15) is 12.1 Å². The highest BCUT2D eigenvalue weighted by atomic mass is 35.5. The molecule has 0 aromatic heterocycles. The number of hydrogen-bond acceptors (Lipinski definition) is 2. The highest BCUT2D eigenvalue weighted by molar-refractivity contribution is 6.31. The van der Waals surface area contributed by atoms with Crippen molar-refractivity contribution >= 4 is 29.1 Å². The summed E-state index contributed by atoms with van der Waals surface area (Å²) in [5.41, 5.74) is 1.59. The van der Waals surface area contributed by atoms with Crippen LogP contribution in [-0.2, 0) is 9.59 Å². The standard InChI is InChI=1S/C16H19ClN2O2/c1-3-12-15(20)18-14(10-7-8-10)16(21)19(12)13-6-4-5-11(17)9(13)2/h4-6,10,12,14H,3,7-8H2,1-2H3,(H,18,20). The Morgan fingerprint density at radius 3 is 2.67 bits per heavy atom. The van der Waals surface area contributed by atoms with Gasteiger partial charge in [0.2, 0.25) is 5.91 Å². The van der Waals surface area contributed by atoms with E-state index in [-0.39, 0.29) is 17.9 Å². The fraction of sp³-hybridized carbons (Fsp3) is 0.500. The maximum absolute atomic E-state index is 12.9. The van der Waals surface area contributed by atoms with Crippen LogP contribution in [0.3, 0.4) is 0 Å². The average Bonchev–Trinajstić information content (AvgIpc) is 3.28. The predicted octanol–water partition coefficient (Wildman–Crippen LogP) is 2.67. The lowest BCUT2D eigenvalue weighted by molar-refractivity contribution is -0.134. The number of nitrogens with zero attached hydrogens (tertiary/aromatic N) is 1. The van der Waals surface area contributed by atoms with E-state index in [1.165, 1.54) is 0 Å². The number of rotatable bonds is 3. The van der Waals surface area contributed by atoms with Crippen molar-refractivity contribution in [2.75, 3.05) is 4.90 Å². The number of hydrogen-bond donors (Lipinski definition) is 1. The molecule has 1 saturated heterocycles. The van der Waals surface area contributed by atoms with Gasteiger partial charge in [0.25, 0.3) is 5.91 Å². The van der Waals surface area contributed by atoms with E-state index in [0.29, 0.717) is 17.4 Å². The summed E-state index contributed by atoms with van der Waals surface area (Å²) < 4.78 is 0. The molecule has 1 saturated carbocycles. The number of nitrogens with one attached hydrogen (secondary N) is 1. The molecule has 1 aromatic carbocycles. The minimum absolute atomic E-state index is 0.00526. The lowest BCUT2D eigenvalue weighted by Gasteiger charge is -2.39. The zero-order valence-electron chi connectivity index (χ0n) is 12.2. The first kappa shape index (κ1) is 14.4. The third kappa shape index (κ3) is 2.42. The number of carbonyl (C=O) groups is 2. The summed E-state index contributed by atoms with van der Waals surface area (Å²) in [6.45, 7) is 3.80. The van der Waals surface area contributed by atoms with Crippen molar-refractivity contribution < 1.29 is 9.59 Å². The summed E-state index contributed by atoms with van der Waals surface area (Å²) in [6.07, 6.45) is 2.60. The number of benzene rings is 1. The van der Waals surface area contributed by atoms with E-state index in [1.54, 1.807) is 11.0 Å². The molecule has 1 aliphatic heterocycles. The van der Waals surface area contributed by atoms with Gasteiger partial charge >= 0.3 is 0 Å². The molecular formula is C16H19ClN2O2. The molecule has 0 bridgehead atoms. The van der Waals surface area contributed by atoms with Gasteiger partial charge in [-0.05, 0) is 49.8 Å². The Morgan fingerprint density at radius 1 is 1.33 bits per heavy atom. The summed E-state index contributed by atoms with van der Waals surface area (Å²) in [5.74, 6) is 0.226. The van der Waals surface area contributed by atoms with Crippen molar-refractivity contribution in [1.82, 2.24) is 5.32 Å². The molecule has 0 spiro atoms. The molecule has 1 aromatic rings. The molecule has 0 radical (unpaired) electrons. The molecule has 4 nitrogen and oxygen atoms in total. The summed E-state index contributed by atoms with van der Waals surface area (Å²) >= 11 is 6.18. The number of piperazine rings is 1. The van der Waals surface area contributed by atoms with Gasteiger partial charge in [0, 0.05) is 10.7 Å². The first-order valence-corrected chi connectivity index (χ1v) is 7.81. The van der Waals surface area contributed by atoms with Crippen LogP contribution in [0.4, 0.5) is 5.69 Å². The quantitative estimate of drug-likeness (QED) is 0.933. The van der Waals surface area contributed by atoms with E-state index in [4.69, 9.17) is 11.6 Å². The molecule has 3 rings (SSSR count). The number of anilines is 1. The summed E-state index contributed by atoms with van der Waals surface area (Å²) in [7, 11) is 0. The second-order valence-corrected chi connectivity index (χ2v) is 6.25. The SMILES string of the molecule is CCC1C(=O)NC(C2CC2)C(=O)N1c1cccc(Cl)c1C. The maximum Gasteiger partial charge on any atom is 0.250 e. The molecule has 1 aliphatic carbocycles. The molecule has 2 aliphatic rings. The van der Waals surface area contributed by atoms with Crippen LogP contribution in [0.2, 0.25) is 5.02 Å². The smallest absolute Gasteiger partial charge is 0.250 e. The Hall–Kier alpha value is -1.55. The second-order valence-electron chi connectivity index (χ2n) is 5.84. The van der Waals surface area contributed by atoms with Gasteiger partial charge in [-0.2, -0.15) is 0 Å². The Morgan fingerprint density at radius 2 is 2.05 bits per heavy atom. The van der Waals surface area contributed by atoms with Crippen LogP contribution in [-0.4, -0.2) is 23.9 Å². The molecule has 21 heavy (non-hydrogen) atoms. The summed E-state index contributed by atoms with van der Waals surface area (Å²) in [4.78, 5) is 26.9. The average molecular weight is 307 g/mol. The van der Waals surface area contributed by atoms with Crippen molar-refractivity contribution in [2.24, 2.45) is 5.92 Å². The van der Waals surface area contributed by atoms with Gasteiger partial charge in [-0.25, -0.2) is 0 Å². The predicted molar refractivity (Wildman–Crippen MR) is 82.4 cm³/mol. The largest absolute Gasteiger partial charge is 0.342 e. The van der Waals surface area contributed by atoms with Crippen LogP contribution < -0.4 is 10.2 Å². The third-order valence-corrected chi connectivity index (χ3v) is 4.80. The van der Waals surface area contributed by atoms with Gasteiger partial charge in [-0.15, -0.1) is 0 Å². The number of amides is 2. The van der Waals surface area contributed by atoms with Crippen molar-refractivity contribution in [3.8, 4) is 0 Å². The zero-order valence-corrected chi connectivity index (χ0v) is 13.0. The van der Waals surface area contributed by atoms with Gasteiger partial charge < -0.3 is 5.32 Å². The van der Waals surface area contributed by atoms with Crippen LogP contribution in [0.25, 0.3) is 0 Å². The molecule has 1 N–H and O–H groups in total. The first-order valence-electron chi connectivity index (χ1n) is 7.43. The molecule has 2 fully saturated rings. The molecule has 5 heteroatoms. The summed E-state index contributed by atoms with van der Waals surface area (Å²) in [6, 6.07) is 4.66. The van der Waals surface area contributed by atoms with Gasteiger partial charge in [0.15, 0.2) is 0 Å².